The zero-order chi connectivity index (χ0) is 27.7. The van der Waals surface area contributed by atoms with E-state index < -0.39 is 16.5 Å². The number of quaternary nitrogens is 1. The maximum Gasteiger partial charge on any atom is 0.305 e. The van der Waals surface area contributed by atoms with Crippen molar-refractivity contribution in [3.63, 3.8) is 0 Å². The van der Waals surface area contributed by atoms with Gasteiger partial charge in [-0.05, 0) is 27.2 Å². The molecule has 0 heterocycles. The first-order chi connectivity index (χ1) is 17.0. The summed E-state index contributed by atoms with van der Waals surface area (Å²) < 4.78 is 39.0. The minimum absolute atomic E-state index is 0.136. The second kappa shape index (κ2) is 24.6. The van der Waals surface area contributed by atoms with Gasteiger partial charge in [0.2, 0.25) is 10.4 Å². The molecule has 36 heavy (non-hydrogen) atoms. The predicted octanol–water partition coefficient (Wildman–Crippen LogP) is 6.03. The van der Waals surface area contributed by atoms with Crippen LogP contribution in [0.3, 0.4) is 0 Å². The Kier molecular flexibility index (Phi) is 25.6. The van der Waals surface area contributed by atoms with Gasteiger partial charge in [-0.3, -0.25) is 9.35 Å². The summed E-state index contributed by atoms with van der Waals surface area (Å²) in [6.45, 7) is 12.5. The molecule has 0 radical (unpaired) electrons. The molecular weight excluding hydrogens is 482 g/mol. The minimum Gasteiger partial charge on any atom is -0.726 e. The van der Waals surface area contributed by atoms with Gasteiger partial charge in [-0.15, -0.1) is 0 Å². The quantitative estimate of drug-likeness (QED) is 0.0534. The van der Waals surface area contributed by atoms with Crippen LogP contribution in [0.2, 0.25) is 0 Å². The zero-order valence-corrected chi connectivity index (χ0v) is 24.5. The van der Waals surface area contributed by atoms with Crippen LogP contribution in [0.15, 0.2) is 0 Å². The van der Waals surface area contributed by atoms with Gasteiger partial charge in [-0.2, -0.15) is 0 Å². The van der Waals surface area contributed by atoms with E-state index >= 15 is 0 Å². The summed E-state index contributed by atoms with van der Waals surface area (Å²) in [4.78, 5) is 11.9. The molecule has 0 amide bonds. The highest BCUT2D eigenvalue weighted by atomic mass is 32.3. The number of esters is 1. The third-order valence-electron chi connectivity index (χ3n) is 7.03. The fourth-order valence-electron chi connectivity index (χ4n) is 4.46. The smallest absolute Gasteiger partial charge is 0.305 e. The average Bonchev–Trinajstić information content (AvgIpc) is 2.82. The number of rotatable bonds is 23. The summed E-state index contributed by atoms with van der Waals surface area (Å²) in [6, 6.07) is 0. The van der Waals surface area contributed by atoms with E-state index in [1.807, 2.05) is 0 Å². The molecule has 0 aromatic heterocycles. The molecule has 0 aliphatic rings. The molecule has 0 fully saturated rings. The Morgan fingerprint density at radius 2 is 1.08 bits per heavy atom. The lowest BCUT2D eigenvalue weighted by atomic mass is 10.0. The van der Waals surface area contributed by atoms with Crippen molar-refractivity contribution in [3.8, 4) is 0 Å². The van der Waals surface area contributed by atoms with E-state index in [1.54, 1.807) is 0 Å². The van der Waals surface area contributed by atoms with E-state index in [0.717, 1.165) is 37.0 Å². The average molecular weight is 540 g/mol. The van der Waals surface area contributed by atoms with E-state index in [0.29, 0.717) is 13.0 Å². The lowest BCUT2D eigenvalue weighted by Gasteiger charge is -2.37. The molecule has 0 aliphatic heterocycles. The Balaban J connectivity index is 0. The van der Waals surface area contributed by atoms with E-state index in [1.165, 1.54) is 83.5 Å². The maximum absolute atomic E-state index is 11.9. The monoisotopic (exact) mass is 539 g/mol. The maximum atomic E-state index is 11.9. The highest BCUT2D eigenvalue weighted by Crippen LogP contribution is 2.14. The number of aliphatic hydroxyl groups excluding tert-OH is 1. The Hall–Kier alpha value is -0.740. The summed E-state index contributed by atoms with van der Waals surface area (Å²) >= 11 is 0. The molecule has 0 aromatic rings. The number of unbranched alkanes of at least 4 members (excludes halogenated alkanes) is 14. The molecule has 1 atom stereocenters. The Morgan fingerprint density at radius 1 is 0.750 bits per heavy atom. The standard InChI is InChI=1S/C27H56NO3.H2O4S/c1-5-9-10-11-12-13-14-15-16-17-18-19-20-21-22-23-27(30)31-25-26(29)24-28(6-2,7-3)8-4;1-5(2,3)4/h26,29H,5-25H2,1-4H3;(H2,1,2,3,4)/q+1;/p-1. The zero-order valence-electron chi connectivity index (χ0n) is 23.7. The van der Waals surface area contributed by atoms with Crippen molar-refractivity contribution in [2.75, 3.05) is 32.8 Å². The first-order valence-corrected chi connectivity index (χ1v) is 15.8. The molecule has 0 saturated carbocycles. The molecule has 0 saturated heterocycles. The summed E-state index contributed by atoms with van der Waals surface area (Å²) in [5.74, 6) is -0.156. The minimum atomic E-state index is -4.92. The molecule has 0 spiro atoms. The number of carbonyl (C=O) groups excluding carboxylic acids is 1. The number of aliphatic hydroxyl groups is 1. The first kappa shape index (κ1) is 37.4. The molecular formula is C27H57NO7S. The van der Waals surface area contributed by atoms with Crippen molar-refractivity contribution in [2.24, 2.45) is 0 Å². The van der Waals surface area contributed by atoms with Gasteiger partial charge in [0.15, 0.2) is 0 Å². The third-order valence-corrected chi connectivity index (χ3v) is 7.03. The van der Waals surface area contributed by atoms with Gasteiger partial charge in [0.25, 0.3) is 0 Å². The first-order valence-electron chi connectivity index (χ1n) is 14.4. The van der Waals surface area contributed by atoms with Crippen LogP contribution in [-0.2, 0) is 19.9 Å². The molecule has 0 aliphatic carbocycles. The number of carbonyl (C=O) groups is 1. The van der Waals surface area contributed by atoms with Crippen LogP contribution in [0, 0.1) is 0 Å². The Morgan fingerprint density at radius 3 is 1.42 bits per heavy atom. The fourth-order valence-corrected chi connectivity index (χ4v) is 4.46. The van der Waals surface area contributed by atoms with Crippen LogP contribution in [0.25, 0.3) is 0 Å². The van der Waals surface area contributed by atoms with Crippen LogP contribution in [0.5, 0.6) is 0 Å². The van der Waals surface area contributed by atoms with Gasteiger partial charge >= 0.3 is 5.97 Å². The van der Waals surface area contributed by atoms with E-state index in [2.05, 4.69) is 27.7 Å². The number of nitrogens with zero attached hydrogens (tertiary/aromatic N) is 1. The molecule has 0 bridgehead atoms. The molecule has 0 aromatic carbocycles. The van der Waals surface area contributed by atoms with Crippen molar-refractivity contribution in [1.82, 2.24) is 0 Å². The topological polar surface area (TPSA) is 124 Å². The number of hydrogen-bond acceptors (Lipinski definition) is 6. The molecule has 9 heteroatoms. The second-order valence-electron chi connectivity index (χ2n) is 9.94. The van der Waals surface area contributed by atoms with Crippen LogP contribution in [0.4, 0.5) is 0 Å². The van der Waals surface area contributed by atoms with Crippen molar-refractivity contribution in [3.05, 3.63) is 0 Å². The summed E-state index contributed by atoms with van der Waals surface area (Å²) in [5.41, 5.74) is 0. The van der Waals surface area contributed by atoms with Crippen molar-refractivity contribution < 1.29 is 36.6 Å². The van der Waals surface area contributed by atoms with E-state index in [-0.39, 0.29) is 12.6 Å². The van der Waals surface area contributed by atoms with Crippen molar-refractivity contribution in [1.29, 1.82) is 0 Å². The fraction of sp³-hybridized carbons (Fsp3) is 0.963. The van der Waals surface area contributed by atoms with Gasteiger partial charge in [-0.1, -0.05) is 96.8 Å². The van der Waals surface area contributed by atoms with Crippen LogP contribution >= 0.6 is 0 Å². The van der Waals surface area contributed by atoms with Crippen molar-refractivity contribution in [2.45, 2.75) is 137 Å². The number of ether oxygens (including phenoxy) is 1. The Labute approximate surface area is 222 Å². The number of hydrogen-bond donors (Lipinski definition) is 2. The van der Waals surface area contributed by atoms with Crippen LogP contribution in [0.1, 0.15) is 130 Å². The lowest BCUT2D eigenvalue weighted by Crippen LogP contribution is -2.52. The summed E-state index contributed by atoms with van der Waals surface area (Å²) in [6.07, 6.45) is 19.8. The van der Waals surface area contributed by atoms with Gasteiger partial charge in [0, 0.05) is 6.42 Å². The largest absolute Gasteiger partial charge is 0.726 e. The molecule has 2 N–H and O–H groups in total. The predicted molar refractivity (Wildman–Crippen MR) is 146 cm³/mol. The van der Waals surface area contributed by atoms with Gasteiger partial charge in [0.1, 0.15) is 19.3 Å². The lowest BCUT2D eigenvalue weighted by molar-refractivity contribution is -0.926. The van der Waals surface area contributed by atoms with Gasteiger partial charge in [0.05, 0.1) is 19.6 Å². The van der Waals surface area contributed by atoms with Crippen LogP contribution < -0.4 is 0 Å². The third kappa shape index (κ3) is 27.8. The summed E-state index contributed by atoms with van der Waals surface area (Å²) in [5, 5.41) is 10.2. The van der Waals surface area contributed by atoms with Gasteiger partial charge < -0.3 is 18.9 Å². The van der Waals surface area contributed by atoms with Crippen LogP contribution in [-0.4, -0.2) is 72.0 Å². The summed E-state index contributed by atoms with van der Waals surface area (Å²) in [7, 11) is -4.92. The molecule has 1 unspecified atom stereocenters. The van der Waals surface area contributed by atoms with E-state index in [9.17, 15) is 9.90 Å². The normalized spacial score (nSPS) is 12.6. The highest BCUT2D eigenvalue weighted by Gasteiger charge is 2.25. The highest BCUT2D eigenvalue weighted by molar-refractivity contribution is 7.79. The molecule has 218 valence electrons. The number of likely N-dealkylation sites (N-methyl/N-ethyl adjacent to an activating group) is 1. The molecule has 0 rings (SSSR count). The van der Waals surface area contributed by atoms with Crippen molar-refractivity contribution >= 4 is 16.4 Å². The Bertz CT molecular complexity index is 579. The van der Waals surface area contributed by atoms with E-state index in [4.69, 9.17) is 22.3 Å². The van der Waals surface area contributed by atoms with Gasteiger partial charge in [-0.25, -0.2) is 8.42 Å². The SMILES string of the molecule is CCCCCCCCCCCCCCCCCC(=O)OCC(O)C[N+](CC)(CC)CC.O=S(=O)([O-])O. The second-order valence-corrected chi connectivity index (χ2v) is 10.8. The molecule has 8 nitrogen and oxygen atoms in total.